The van der Waals surface area contributed by atoms with Crippen LogP contribution in [0.15, 0.2) is 91.0 Å². The first-order chi connectivity index (χ1) is 19.0. The summed E-state index contributed by atoms with van der Waals surface area (Å²) in [7, 11) is 0. The molecular formula is C31H24F2N2O4. The van der Waals surface area contributed by atoms with E-state index >= 15 is 0 Å². The highest BCUT2D eigenvalue weighted by molar-refractivity contribution is 5.87. The van der Waals surface area contributed by atoms with Crippen molar-refractivity contribution in [3.63, 3.8) is 0 Å². The zero-order chi connectivity index (χ0) is 27.2. The molecule has 0 N–H and O–H groups in total. The third-order valence-corrected chi connectivity index (χ3v) is 5.93. The Balaban J connectivity index is 1.42. The first-order valence-corrected chi connectivity index (χ1v) is 12.3. The van der Waals surface area contributed by atoms with Gasteiger partial charge in [0.25, 0.3) is 0 Å². The average molecular weight is 527 g/mol. The molecule has 0 spiro atoms. The second kappa shape index (κ2) is 11.7. The molecule has 0 radical (unpaired) electrons. The summed E-state index contributed by atoms with van der Waals surface area (Å²) in [5.41, 5.74) is 2.13. The first kappa shape index (κ1) is 25.8. The topological polar surface area (TPSA) is 70.5 Å². The number of ether oxygens (including phenoxy) is 3. The molecule has 6 nitrogen and oxygen atoms in total. The van der Waals surface area contributed by atoms with Crippen LogP contribution in [0, 0.1) is 11.6 Å². The van der Waals surface area contributed by atoms with Crippen molar-refractivity contribution < 1.29 is 27.8 Å². The Labute approximate surface area is 223 Å². The summed E-state index contributed by atoms with van der Waals surface area (Å²) in [4.78, 5) is 21.1. The van der Waals surface area contributed by atoms with E-state index in [1.165, 1.54) is 18.2 Å². The summed E-state index contributed by atoms with van der Waals surface area (Å²) < 4.78 is 44.1. The Hall–Kier alpha value is -4.85. The molecule has 0 bridgehead atoms. The number of hydrogen-bond acceptors (Lipinski definition) is 6. The highest BCUT2D eigenvalue weighted by atomic mass is 19.1. The van der Waals surface area contributed by atoms with Gasteiger partial charge in [-0.05, 0) is 48.0 Å². The van der Waals surface area contributed by atoms with E-state index in [0.717, 1.165) is 21.9 Å². The minimum Gasteiger partial charge on any atom is -0.489 e. The van der Waals surface area contributed by atoms with E-state index in [-0.39, 0.29) is 31.3 Å². The van der Waals surface area contributed by atoms with E-state index in [2.05, 4.69) is 4.98 Å². The normalized spacial score (nSPS) is 10.8. The number of nitrogens with zero attached hydrogens (tertiary/aromatic N) is 2. The van der Waals surface area contributed by atoms with Crippen molar-refractivity contribution in [1.82, 2.24) is 9.97 Å². The summed E-state index contributed by atoms with van der Waals surface area (Å²) in [5, 5.41) is 1.75. The molecule has 5 aromatic rings. The number of carbonyl (C=O) groups excluding carboxylic acids is 1. The zero-order valence-corrected chi connectivity index (χ0v) is 21.1. The lowest BCUT2D eigenvalue weighted by Crippen LogP contribution is -2.15. The third-order valence-electron chi connectivity index (χ3n) is 5.93. The lowest BCUT2D eigenvalue weighted by molar-refractivity contribution is -0.145. The van der Waals surface area contributed by atoms with Gasteiger partial charge in [-0.1, -0.05) is 54.6 Å². The van der Waals surface area contributed by atoms with E-state index in [9.17, 15) is 13.6 Å². The molecule has 0 aliphatic rings. The van der Waals surface area contributed by atoms with Gasteiger partial charge in [-0.15, -0.1) is 0 Å². The van der Waals surface area contributed by atoms with Crippen LogP contribution in [0.1, 0.15) is 12.5 Å². The number of carbonyl (C=O) groups is 1. The van der Waals surface area contributed by atoms with Gasteiger partial charge in [-0.25, -0.2) is 18.6 Å². The number of halogens is 2. The number of hydrogen-bond donors (Lipinski definition) is 0. The molecule has 1 aromatic heterocycles. The number of aromatic nitrogens is 2. The lowest BCUT2D eigenvalue weighted by atomic mass is 10.1. The molecule has 0 fully saturated rings. The highest BCUT2D eigenvalue weighted by Gasteiger charge is 2.13. The summed E-state index contributed by atoms with van der Waals surface area (Å²) in [5.74, 6) is -0.633. The molecule has 0 unspecified atom stereocenters. The van der Waals surface area contributed by atoms with Crippen LogP contribution in [0.4, 0.5) is 8.78 Å². The number of benzene rings is 4. The van der Waals surface area contributed by atoms with E-state index in [1.807, 2.05) is 54.6 Å². The molecule has 196 valence electrons. The molecule has 1 heterocycles. The van der Waals surface area contributed by atoms with Crippen LogP contribution >= 0.6 is 0 Å². The maximum Gasteiger partial charge on any atom is 0.344 e. The van der Waals surface area contributed by atoms with Gasteiger partial charge in [-0.2, -0.15) is 4.98 Å². The standard InChI is InChI=1S/C31H24F2N2O4/c1-2-37-30(36)19-39-29-17-28(20-7-4-3-5-8-20)34-31(35-29)23-12-11-22-16-24(14-13-21(22)15-23)38-18-25-26(32)9-6-10-27(25)33/h3-17H,2,18-19H2,1H3. The lowest BCUT2D eigenvalue weighted by Gasteiger charge is -2.11. The molecule has 0 saturated carbocycles. The fourth-order valence-electron chi connectivity index (χ4n) is 4.00. The van der Waals surface area contributed by atoms with Crippen LogP contribution in [0.25, 0.3) is 33.4 Å². The van der Waals surface area contributed by atoms with E-state index in [0.29, 0.717) is 17.3 Å². The van der Waals surface area contributed by atoms with Gasteiger partial charge in [0.05, 0.1) is 17.9 Å². The predicted molar refractivity (Wildman–Crippen MR) is 143 cm³/mol. The number of fused-ring (bicyclic) bond motifs is 1. The van der Waals surface area contributed by atoms with Crippen molar-refractivity contribution >= 4 is 16.7 Å². The molecule has 0 aliphatic heterocycles. The van der Waals surface area contributed by atoms with Crippen LogP contribution in [0.5, 0.6) is 11.6 Å². The Bertz CT molecular complexity index is 1610. The van der Waals surface area contributed by atoms with Crippen molar-refractivity contribution in [2.75, 3.05) is 13.2 Å². The van der Waals surface area contributed by atoms with Gasteiger partial charge in [0.15, 0.2) is 12.4 Å². The van der Waals surface area contributed by atoms with Crippen molar-refractivity contribution in [2.45, 2.75) is 13.5 Å². The van der Waals surface area contributed by atoms with Crippen LogP contribution < -0.4 is 9.47 Å². The molecule has 0 saturated heterocycles. The molecule has 4 aromatic carbocycles. The fourth-order valence-corrected chi connectivity index (χ4v) is 4.00. The Morgan fingerprint density at radius 2 is 1.51 bits per heavy atom. The average Bonchev–Trinajstić information content (AvgIpc) is 2.96. The third kappa shape index (κ3) is 6.18. The number of esters is 1. The quantitative estimate of drug-likeness (QED) is 0.198. The molecular weight excluding hydrogens is 502 g/mol. The second-order valence-electron chi connectivity index (χ2n) is 8.59. The number of rotatable bonds is 9. The Morgan fingerprint density at radius 1 is 0.769 bits per heavy atom. The summed E-state index contributed by atoms with van der Waals surface area (Å²) in [6.07, 6.45) is 0. The monoisotopic (exact) mass is 526 g/mol. The van der Waals surface area contributed by atoms with Gasteiger partial charge in [0, 0.05) is 17.2 Å². The minimum absolute atomic E-state index is 0.121. The first-order valence-electron chi connectivity index (χ1n) is 12.3. The summed E-state index contributed by atoms with van der Waals surface area (Å²) in [6.45, 7) is 1.49. The molecule has 0 atom stereocenters. The zero-order valence-electron chi connectivity index (χ0n) is 21.1. The van der Waals surface area contributed by atoms with Crippen molar-refractivity contribution in [3.8, 4) is 34.3 Å². The maximum absolute atomic E-state index is 13.9. The van der Waals surface area contributed by atoms with Gasteiger partial charge in [-0.3, -0.25) is 0 Å². The molecule has 5 rings (SSSR count). The smallest absolute Gasteiger partial charge is 0.344 e. The van der Waals surface area contributed by atoms with Crippen molar-refractivity contribution in [3.05, 3.63) is 108 Å². The van der Waals surface area contributed by atoms with Gasteiger partial charge in [0.1, 0.15) is 24.0 Å². The van der Waals surface area contributed by atoms with Crippen LogP contribution in [0.3, 0.4) is 0 Å². The van der Waals surface area contributed by atoms with Crippen LogP contribution in [0.2, 0.25) is 0 Å². The molecule has 39 heavy (non-hydrogen) atoms. The fraction of sp³-hybridized carbons (Fsp3) is 0.129. The molecule has 8 heteroatoms. The van der Waals surface area contributed by atoms with Crippen molar-refractivity contribution in [1.29, 1.82) is 0 Å². The van der Waals surface area contributed by atoms with E-state index in [1.54, 1.807) is 25.1 Å². The highest BCUT2D eigenvalue weighted by Crippen LogP contribution is 2.29. The summed E-state index contributed by atoms with van der Waals surface area (Å²) >= 11 is 0. The van der Waals surface area contributed by atoms with Crippen molar-refractivity contribution in [2.24, 2.45) is 0 Å². The maximum atomic E-state index is 13.9. The SMILES string of the molecule is CCOC(=O)COc1cc(-c2ccccc2)nc(-c2ccc3cc(OCc4c(F)cccc4F)ccc3c2)n1. The minimum atomic E-state index is -0.649. The van der Waals surface area contributed by atoms with Crippen LogP contribution in [-0.2, 0) is 16.1 Å². The largest absolute Gasteiger partial charge is 0.489 e. The van der Waals surface area contributed by atoms with Gasteiger partial charge in [0.2, 0.25) is 5.88 Å². The Morgan fingerprint density at radius 3 is 2.28 bits per heavy atom. The second-order valence-corrected chi connectivity index (χ2v) is 8.59. The summed E-state index contributed by atoms with van der Waals surface area (Å²) in [6, 6.07) is 26.0. The predicted octanol–water partition coefficient (Wildman–Crippen LogP) is 6.76. The van der Waals surface area contributed by atoms with Crippen LogP contribution in [-0.4, -0.2) is 29.2 Å². The van der Waals surface area contributed by atoms with E-state index < -0.39 is 17.6 Å². The van der Waals surface area contributed by atoms with Gasteiger partial charge < -0.3 is 14.2 Å². The molecule has 0 amide bonds. The molecule has 0 aliphatic carbocycles. The Kier molecular flexibility index (Phi) is 7.73. The van der Waals surface area contributed by atoms with Gasteiger partial charge >= 0.3 is 5.97 Å². The van der Waals surface area contributed by atoms with E-state index in [4.69, 9.17) is 19.2 Å².